The molecule has 0 saturated heterocycles. The summed E-state index contributed by atoms with van der Waals surface area (Å²) in [6.45, 7) is 2.72. The van der Waals surface area contributed by atoms with Crippen molar-refractivity contribution in [2.45, 2.75) is 45.1 Å². The van der Waals surface area contributed by atoms with Crippen molar-refractivity contribution in [3.63, 3.8) is 0 Å². The second-order valence-corrected chi connectivity index (χ2v) is 5.35. The Hall–Kier alpha value is -1.16. The molecule has 96 valence electrons. The highest BCUT2D eigenvalue weighted by Crippen LogP contribution is 2.37. The molecule has 2 aliphatic rings. The van der Waals surface area contributed by atoms with Crippen LogP contribution in [-0.4, -0.2) is 28.8 Å². The first-order chi connectivity index (χ1) is 8.75. The van der Waals surface area contributed by atoms with Crippen LogP contribution < -0.4 is 4.90 Å². The van der Waals surface area contributed by atoms with Gasteiger partial charge in [0.25, 0.3) is 0 Å². The Balaban J connectivity index is 1.98. The van der Waals surface area contributed by atoms with Crippen molar-refractivity contribution < 1.29 is 0 Å². The van der Waals surface area contributed by atoms with Crippen LogP contribution in [-0.2, 0) is 0 Å². The number of fused-ring (bicyclic) bond motifs is 1. The molecule has 0 amide bonds. The van der Waals surface area contributed by atoms with Gasteiger partial charge in [0.15, 0.2) is 11.0 Å². The highest BCUT2D eigenvalue weighted by Gasteiger charge is 2.27. The molecule has 4 nitrogen and oxygen atoms in total. The smallest absolute Gasteiger partial charge is 0.160 e. The zero-order chi connectivity index (χ0) is 12.5. The van der Waals surface area contributed by atoms with Gasteiger partial charge < -0.3 is 4.90 Å². The van der Waals surface area contributed by atoms with Crippen molar-refractivity contribution in [3.8, 4) is 0 Å². The lowest BCUT2D eigenvalue weighted by Gasteiger charge is -2.36. The summed E-state index contributed by atoms with van der Waals surface area (Å²) in [6, 6.07) is 0.578. The second kappa shape index (κ2) is 4.84. The van der Waals surface area contributed by atoms with E-state index in [1.807, 2.05) is 13.1 Å². The van der Waals surface area contributed by atoms with Gasteiger partial charge >= 0.3 is 0 Å². The molecule has 1 aromatic rings. The molecular formula is C13H17ClN4. The maximum Gasteiger partial charge on any atom is 0.160 e. The van der Waals surface area contributed by atoms with E-state index in [1.165, 1.54) is 32.1 Å². The van der Waals surface area contributed by atoms with Crippen LogP contribution >= 0.6 is 11.6 Å². The molecule has 0 atom stereocenters. The van der Waals surface area contributed by atoms with E-state index in [4.69, 9.17) is 11.6 Å². The average Bonchev–Trinajstić information content (AvgIpc) is 2.39. The molecule has 0 spiro atoms. The van der Waals surface area contributed by atoms with Gasteiger partial charge in [0.2, 0.25) is 0 Å². The first-order valence-electron chi connectivity index (χ1n) is 6.59. The number of aromatic nitrogens is 2. The molecule has 0 unspecified atom stereocenters. The van der Waals surface area contributed by atoms with E-state index in [-0.39, 0.29) is 0 Å². The minimum absolute atomic E-state index is 0.467. The van der Waals surface area contributed by atoms with E-state index in [2.05, 4.69) is 19.9 Å². The van der Waals surface area contributed by atoms with E-state index in [1.54, 1.807) is 0 Å². The normalized spacial score (nSPS) is 20.0. The van der Waals surface area contributed by atoms with Gasteiger partial charge in [-0.3, -0.25) is 4.99 Å². The first-order valence-corrected chi connectivity index (χ1v) is 6.97. The lowest BCUT2D eigenvalue weighted by molar-refractivity contribution is 0.421. The molecule has 0 aromatic carbocycles. The van der Waals surface area contributed by atoms with E-state index in [9.17, 15) is 0 Å². The Morgan fingerprint density at radius 3 is 2.78 bits per heavy atom. The zero-order valence-electron chi connectivity index (χ0n) is 10.6. The lowest BCUT2D eigenvalue weighted by atomic mass is 9.94. The predicted octanol–water partition coefficient (Wildman–Crippen LogP) is 3.29. The topological polar surface area (TPSA) is 41.4 Å². The summed E-state index contributed by atoms with van der Waals surface area (Å²) >= 11 is 6.16. The summed E-state index contributed by atoms with van der Waals surface area (Å²) < 4.78 is 0. The second-order valence-electron chi connectivity index (χ2n) is 4.99. The molecule has 0 radical (unpaired) electrons. The number of nitrogens with zero attached hydrogens (tertiary/aromatic N) is 4. The molecule has 0 bridgehead atoms. The number of halogens is 1. The van der Waals surface area contributed by atoms with Gasteiger partial charge in [0.05, 0.1) is 6.54 Å². The maximum atomic E-state index is 6.16. The summed E-state index contributed by atoms with van der Waals surface area (Å²) in [5, 5.41) is 0.467. The van der Waals surface area contributed by atoms with E-state index < -0.39 is 0 Å². The summed E-state index contributed by atoms with van der Waals surface area (Å²) in [5.41, 5.74) is 0.735. The average molecular weight is 265 g/mol. The summed E-state index contributed by atoms with van der Waals surface area (Å²) in [7, 11) is 0. The third kappa shape index (κ3) is 2.09. The molecule has 0 N–H and O–H groups in total. The van der Waals surface area contributed by atoms with Gasteiger partial charge in [-0.25, -0.2) is 9.97 Å². The van der Waals surface area contributed by atoms with Gasteiger partial charge in [-0.1, -0.05) is 30.9 Å². The van der Waals surface area contributed by atoms with Crippen LogP contribution in [0.3, 0.4) is 0 Å². The van der Waals surface area contributed by atoms with Crippen LogP contribution in [0.5, 0.6) is 0 Å². The quantitative estimate of drug-likeness (QED) is 0.731. The van der Waals surface area contributed by atoms with Gasteiger partial charge in [0, 0.05) is 12.3 Å². The molecule has 18 heavy (non-hydrogen) atoms. The van der Waals surface area contributed by atoms with Gasteiger partial charge in [-0.15, -0.1) is 0 Å². The molecule has 1 fully saturated rings. The van der Waals surface area contributed by atoms with Gasteiger partial charge in [0.1, 0.15) is 11.5 Å². The number of anilines is 1. The largest absolute Gasteiger partial charge is 0.346 e. The fourth-order valence-corrected chi connectivity index (χ4v) is 3.11. The van der Waals surface area contributed by atoms with Crippen LogP contribution in [0.2, 0.25) is 5.15 Å². The number of hydrogen-bond acceptors (Lipinski definition) is 4. The standard InChI is InChI=1S/C13H17ClN4/c1-9-16-12(14)11-13(17-9)18(8-7-15-11)10-5-3-2-4-6-10/h7,10H,2-6,8H2,1H3. The Morgan fingerprint density at radius 2 is 2.00 bits per heavy atom. The molecule has 1 aliphatic carbocycles. The van der Waals surface area contributed by atoms with Crippen LogP contribution in [0.25, 0.3) is 0 Å². The van der Waals surface area contributed by atoms with Crippen molar-refractivity contribution in [1.29, 1.82) is 0 Å². The molecule has 2 heterocycles. The maximum absolute atomic E-state index is 6.16. The Morgan fingerprint density at radius 1 is 1.22 bits per heavy atom. The van der Waals surface area contributed by atoms with Crippen molar-refractivity contribution in [3.05, 3.63) is 11.0 Å². The minimum Gasteiger partial charge on any atom is -0.346 e. The molecule has 3 rings (SSSR count). The summed E-state index contributed by atoms with van der Waals surface area (Å²) in [5.74, 6) is 1.64. The highest BCUT2D eigenvalue weighted by atomic mass is 35.5. The van der Waals surface area contributed by atoms with E-state index >= 15 is 0 Å². The number of rotatable bonds is 1. The Labute approximate surface area is 112 Å². The summed E-state index contributed by atoms with van der Waals surface area (Å²) in [4.78, 5) is 15.4. The van der Waals surface area contributed by atoms with Crippen LogP contribution in [0, 0.1) is 6.92 Å². The van der Waals surface area contributed by atoms with E-state index in [0.717, 1.165) is 23.9 Å². The fraction of sp³-hybridized carbons (Fsp3) is 0.615. The SMILES string of the molecule is Cc1nc(Cl)c2c(n1)N(C1CCCCC1)CC=N2. The fourth-order valence-electron chi connectivity index (χ4n) is 2.85. The van der Waals surface area contributed by atoms with Crippen molar-refractivity contribution in [2.75, 3.05) is 11.4 Å². The third-order valence-electron chi connectivity index (χ3n) is 3.72. The third-order valence-corrected chi connectivity index (χ3v) is 3.98. The van der Waals surface area contributed by atoms with E-state index in [0.29, 0.717) is 11.2 Å². The van der Waals surface area contributed by atoms with Crippen molar-refractivity contribution >= 4 is 29.3 Å². The Bertz CT molecular complexity index is 480. The lowest BCUT2D eigenvalue weighted by Crippen LogP contribution is -2.40. The monoisotopic (exact) mass is 264 g/mol. The molecule has 1 aliphatic heterocycles. The zero-order valence-corrected chi connectivity index (χ0v) is 11.3. The molecular weight excluding hydrogens is 248 g/mol. The molecule has 5 heteroatoms. The van der Waals surface area contributed by atoms with Gasteiger partial charge in [-0.05, 0) is 19.8 Å². The van der Waals surface area contributed by atoms with Crippen molar-refractivity contribution in [1.82, 2.24) is 9.97 Å². The van der Waals surface area contributed by atoms with Crippen molar-refractivity contribution in [2.24, 2.45) is 4.99 Å². The number of aliphatic imine (C=N–C) groups is 1. The Kier molecular flexibility index (Phi) is 3.20. The van der Waals surface area contributed by atoms with Crippen LogP contribution in [0.1, 0.15) is 37.9 Å². The molecule has 1 aromatic heterocycles. The van der Waals surface area contributed by atoms with Gasteiger partial charge in [-0.2, -0.15) is 0 Å². The number of aryl methyl sites for hydroxylation is 1. The number of hydrogen-bond donors (Lipinski definition) is 0. The summed E-state index contributed by atoms with van der Waals surface area (Å²) in [6.07, 6.45) is 8.38. The van der Waals surface area contributed by atoms with Crippen LogP contribution in [0.4, 0.5) is 11.5 Å². The first kappa shape index (κ1) is 11.9. The van der Waals surface area contributed by atoms with Crippen LogP contribution in [0.15, 0.2) is 4.99 Å². The predicted molar refractivity (Wildman–Crippen MR) is 74.2 cm³/mol. The minimum atomic E-state index is 0.467. The highest BCUT2D eigenvalue weighted by molar-refractivity contribution is 6.32. The molecule has 1 saturated carbocycles.